The molecule has 0 radical (unpaired) electrons. The lowest BCUT2D eigenvalue weighted by atomic mass is 10.1. The van der Waals surface area contributed by atoms with Crippen molar-refractivity contribution in [2.75, 3.05) is 5.73 Å². The standard InChI is InChI=1S/C16H22BrN3OSi/c1-16(2,3)22(4,5)21-12-8-6-7-11(9-12)13-10-19-15(18)14(17)20-13/h6-10H,1-5H3,(H2,18,19). The first-order valence-electron chi connectivity index (χ1n) is 7.17. The molecule has 22 heavy (non-hydrogen) atoms. The van der Waals surface area contributed by atoms with Crippen LogP contribution in [0.25, 0.3) is 11.3 Å². The van der Waals surface area contributed by atoms with Crippen LogP contribution in [0.1, 0.15) is 20.8 Å². The minimum absolute atomic E-state index is 0.160. The van der Waals surface area contributed by atoms with E-state index in [1.165, 1.54) is 0 Å². The predicted molar refractivity (Wildman–Crippen MR) is 97.4 cm³/mol. The molecule has 4 nitrogen and oxygen atoms in total. The van der Waals surface area contributed by atoms with E-state index in [0.717, 1.165) is 17.0 Å². The molecule has 1 heterocycles. The van der Waals surface area contributed by atoms with Gasteiger partial charge in [-0.15, -0.1) is 0 Å². The predicted octanol–water partition coefficient (Wildman–Crippen LogP) is 4.87. The van der Waals surface area contributed by atoms with Gasteiger partial charge in [0.15, 0.2) is 5.82 Å². The van der Waals surface area contributed by atoms with Crippen molar-refractivity contribution in [3.63, 3.8) is 0 Å². The maximum Gasteiger partial charge on any atom is 0.250 e. The maximum absolute atomic E-state index is 6.34. The molecule has 118 valence electrons. The topological polar surface area (TPSA) is 61.0 Å². The van der Waals surface area contributed by atoms with E-state index >= 15 is 0 Å². The van der Waals surface area contributed by atoms with Gasteiger partial charge >= 0.3 is 0 Å². The van der Waals surface area contributed by atoms with E-state index < -0.39 is 8.32 Å². The van der Waals surface area contributed by atoms with E-state index in [1.807, 2.05) is 24.3 Å². The smallest absolute Gasteiger partial charge is 0.250 e. The second-order valence-electron chi connectivity index (χ2n) is 6.82. The highest BCUT2D eigenvalue weighted by atomic mass is 79.9. The molecule has 2 N–H and O–H groups in total. The summed E-state index contributed by atoms with van der Waals surface area (Å²) in [5, 5.41) is 0.160. The summed E-state index contributed by atoms with van der Waals surface area (Å²) < 4.78 is 6.89. The Bertz CT molecular complexity index is 683. The van der Waals surface area contributed by atoms with E-state index in [1.54, 1.807) is 6.20 Å². The average molecular weight is 380 g/mol. The third kappa shape index (κ3) is 3.67. The van der Waals surface area contributed by atoms with Crippen molar-refractivity contribution < 1.29 is 4.43 Å². The van der Waals surface area contributed by atoms with Crippen molar-refractivity contribution in [1.82, 2.24) is 9.97 Å². The summed E-state index contributed by atoms with van der Waals surface area (Å²) in [6.07, 6.45) is 1.67. The molecule has 0 fully saturated rings. The summed E-state index contributed by atoms with van der Waals surface area (Å²) in [5.74, 6) is 1.26. The fraction of sp³-hybridized carbons (Fsp3) is 0.375. The van der Waals surface area contributed by atoms with E-state index in [-0.39, 0.29) is 5.04 Å². The number of nitrogens with two attached hydrogens (primary N) is 1. The number of halogens is 1. The Morgan fingerprint density at radius 2 is 1.91 bits per heavy atom. The van der Waals surface area contributed by atoms with Gasteiger partial charge in [0.2, 0.25) is 8.32 Å². The molecule has 1 aromatic heterocycles. The first kappa shape index (κ1) is 17.0. The lowest BCUT2D eigenvalue weighted by Crippen LogP contribution is -2.43. The van der Waals surface area contributed by atoms with Crippen molar-refractivity contribution in [2.45, 2.75) is 38.9 Å². The molecule has 0 saturated heterocycles. The summed E-state index contributed by atoms with van der Waals surface area (Å²) in [5.41, 5.74) is 7.42. The van der Waals surface area contributed by atoms with Crippen molar-refractivity contribution >= 4 is 30.1 Å². The van der Waals surface area contributed by atoms with Crippen LogP contribution in [0, 0.1) is 0 Å². The van der Waals surface area contributed by atoms with Gasteiger partial charge in [-0.05, 0) is 46.2 Å². The van der Waals surface area contributed by atoms with Gasteiger partial charge in [0.25, 0.3) is 0 Å². The molecule has 0 saturated carbocycles. The summed E-state index contributed by atoms with van der Waals surface area (Å²) in [4.78, 5) is 8.55. The Labute approximate surface area is 141 Å². The van der Waals surface area contributed by atoms with Crippen LogP contribution in [-0.4, -0.2) is 18.3 Å². The van der Waals surface area contributed by atoms with Gasteiger partial charge in [0, 0.05) is 5.56 Å². The molecule has 0 atom stereocenters. The summed E-state index contributed by atoms with van der Waals surface area (Å²) >= 11 is 3.31. The van der Waals surface area contributed by atoms with Gasteiger partial charge in [0.1, 0.15) is 10.4 Å². The SMILES string of the molecule is CC(C)(C)[Si](C)(C)Oc1cccc(-c2cnc(N)c(Br)n2)c1. The van der Waals surface area contributed by atoms with E-state index in [2.05, 4.69) is 59.8 Å². The second kappa shape index (κ2) is 6.00. The lowest BCUT2D eigenvalue weighted by molar-refractivity contribution is 0.492. The normalized spacial score (nSPS) is 12.3. The highest BCUT2D eigenvalue weighted by Gasteiger charge is 2.38. The maximum atomic E-state index is 6.34. The second-order valence-corrected chi connectivity index (χ2v) is 12.3. The van der Waals surface area contributed by atoms with E-state index in [0.29, 0.717) is 10.4 Å². The van der Waals surface area contributed by atoms with Crippen LogP contribution in [0.3, 0.4) is 0 Å². The van der Waals surface area contributed by atoms with Crippen molar-refractivity contribution in [1.29, 1.82) is 0 Å². The highest BCUT2D eigenvalue weighted by Crippen LogP contribution is 2.38. The zero-order valence-electron chi connectivity index (χ0n) is 13.6. The molecule has 0 aliphatic rings. The number of hydrogen-bond donors (Lipinski definition) is 1. The fourth-order valence-corrected chi connectivity index (χ4v) is 3.00. The Kier molecular flexibility index (Phi) is 4.63. The molecule has 6 heteroatoms. The molecular weight excluding hydrogens is 358 g/mol. The van der Waals surface area contributed by atoms with Crippen molar-refractivity contribution in [3.8, 4) is 17.0 Å². The van der Waals surface area contributed by atoms with E-state index in [9.17, 15) is 0 Å². The molecule has 1 aromatic carbocycles. The molecule has 0 bridgehead atoms. The van der Waals surface area contributed by atoms with Crippen LogP contribution in [0.4, 0.5) is 5.82 Å². The minimum atomic E-state index is -1.85. The van der Waals surface area contributed by atoms with Crippen LogP contribution < -0.4 is 10.2 Å². The quantitative estimate of drug-likeness (QED) is 0.772. The van der Waals surface area contributed by atoms with Crippen LogP contribution in [0.5, 0.6) is 5.75 Å². The third-order valence-corrected chi connectivity index (χ3v) is 9.01. The first-order chi connectivity index (χ1) is 10.1. The number of hydrogen-bond acceptors (Lipinski definition) is 4. The summed E-state index contributed by atoms with van der Waals surface area (Å²) in [7, 11) is -1.85. The number of benzene rings is 1. The molecule has 2 aromatic rings. The number of nitrogen functional groups attached to an aromatic ring is 1. The molecule has 0 aliphatic heterocycles. The number of nitrogens with zero attached hydrogens (tertiary/aromatic N) is 2. The van der Waals surface area contributed by atoms with Crippen molar-refractivity contribution in [3.05, 3.63) is 35.1 Å². The number of rotatable bonds is 3. The zero-order chi connectivity index (χ0) is 16.5. The first-order valence-corrected chi connectivity index (χ1v) is 10.9. The summed E-state index contributed by atoms with van der Waals surface area (Å²) in [6, 6.07) is 7.96. The van der Waals surface area contributed by atoms with Gasteiger partial charge < -0.3 is 10.2 Å². The van der Waals surface area contributed by atoms with Gasteiger partial charge in [-0.2, -0.15) is 0 Å². The Hall–Kier alpha value is -1.40. The Morgan fingerprint density at radius 3 is 2.50 bits per heavy atom. The average Bonchev–Trinajstić information content (AvgIpc) is 2.40. The molecule has 0 spiro atoms. The Morgan fingerprint density at radius 1 is 1.23 bits per heavy atom. The van der Waals surface area contributed by atoms with Gasteiger partial charge in [-0.1, -0.05) is 32.9 Å². The van der Waals surface area contributed by atoms with Crippen LogP contribution in [0.15, 0.2) is 35.1 Å². The highest BCUT2D eigenvalue weighted by molar-refractivity contribution is 9.10. The van der Waals surface area contributed by atoms with E-state index in [4.69, 9.17) is 10.2 Å². The summed E-state index contributed by atoms with van der Waals surface area (Å²) in [6.45, 7) is 11.2. The van der Waals surface area contributed by atoms with Gasteiger partial charge in [-0.25, -0.2) is 9.97 Å². The monoisotopic (exact) mass is 379 g/mol. The fourth-order valence-electron chi connectivity index (χ4n) is 1.68. The number of anilines is 1. The van der Waals surface area contributed by atoms with Gasteiger partial charge in [-0.3, -0.25) is 0 Å². The number of aromatic nitrogens is 2. The zero-order valence-corrected chi connectivity index (χ0v) is 16.2. The molecule has 0 amide bonds. The molecule has 0 unspecified atom stereocenters. The third-order valence-electron chi connectivity index (χ3n) is 4.06. The minimum Gasteiger partial charge on any atom is -0.543 e. The largest absolute Gasteiger partial charge is 0.543 e. The lowest BCUT2D eigenvalue weighted by Gasteiger charge is -2.36. The molecule has 0 aliphatic carbocycles. The van der Waals surface area contributed by atoms with Gasteiger partial charge in [0.05, 0.1) is 11.9 Å². The molecule has 2 rings (SSSR count). The van der Waals surface area contributed by atoms with Crippen LogP contribution >= 0.6 is 15.9 Å². The van der Waals surface area contributed by atoms with Crippen LogP contribution in [0.2, 0.25) is 18.1 Å². The van der Waals surface area contributed by atoms with Crippen molar-refractivity contribution in [2.24, 2.45) is 0 Å². The Balaban J connectivity index is 2.33. The molecular formula is C16H22BrN3OSi. The van der Waals surface area contributed by atoms with Crippen LogP contribution in [-0.2, 0) is 0 Å².